The Bertz CT molecular complexity index is 164. The number of nitrogens with zero attached hydrogens (tertiary/aromatic N) is 2. The summed E-state index contributed by atoms with van der Waals surface area (Å²) in [6.45, 7) is 5.94. The van der Waals surface area contributed by atoms with Crippen molar-refractivity contribution in [1.29, 1.82) is 0 Å². The van der Waals surface area contributed by atoms with Crippen molar-refractivity contribution in [1.82, 2.24) is 15.1 Å². The molecule has 3 nitrogen and oxygen atoms in total. The second kappa shape index (κ2) is 6.46. The molecule has 0 aromatic heterocycles. The van der Waals surface area contributed by atoms with Crippen LogP contribution in [0.3, 0.4) is 0 Å². The predicted molar refractivity (Wildman–Crippen MR) is 66.3 cm³/mol. The first-order chi connectivity index (χ1) is 7.19. The molecule has 2 unspecified atom stereocenters. The van der Waals surface area contributed by atoms with Gasteiger partial charge in [-0.3, -0.25) is 4.90 Å². The Kier molecular flexibility index (Phi) is 5.58. The Hall–Kier alpha value is -0.120. The van der Waals surface area contributed by atoms with Gasteiger partial charge in [-0.05, 0) is 34.0 Å². The van der Waals surface area contributed by atoms with Crippen LogP contribution in [0.4, 0.5) is 0 Å². The molecule has 2 atom stereocenters. The Morgan fingerprint density at radius 1 is 1.47 bits per heavy atom. The van der Waals surface area contributed by atoms with Gasteiger partial charge in [0.15, 0.2) is 0 Å². The van der Waals surface area contributed by atoms with Crippen molar-refractivity contribution in [3.8, 4) is 0 Å². The van der Waals surface area contributed by atoms with Crippen LogP contribution in [0.15, 0.2) is 0 Å². The maximum atomic E-state index is 3.32. The molecule has 1 fully saturated rings. The van der Waals surface area contributed by atoms with Crippen molar-refractivity contribution in [3.63, 3.8) is 0 Å². The highest BCUT2D eigenvalue weighted by atomic mass is 15.3. The number of rotatable bonds is 6. The summed E-state index contributed by atoms with van der Waals surface area (Å²) in [5, 5.41) is 3.32. The highest BCUT2D eigenvalue weighted by molar-refractivity contribution is 4.85. The summed E-state index contributed by atoms with van der Waals surface area (Å²) >= 11 is 0. The van der Waals surface area contributed by atoms with Gasteiger partial charge in [0.25, 0.3) is 0 Å². The number of likely N-dealkylation sites (N-methyl/N-ethyl adjacent to an activating group) is 2. The summed E-state index contributed by atoms with van der Waals surface area (Å²) in [5.41, 5.74) is 0. The number of hydrogen-bond donors (Lipinski definition) is 1. The third kappa shape index (κ3) is 3.74. The van der Waals surface area contributed by atoms with Crippen LogP contribution in [0.5, 0.6) is 0 Å². The summed E-state index contributed by atoms with van der Waals surface area (Å²) in [5.74, 6) is 0. The van der Waals surface area contributed by atoms with Crippen LogP contribution in [0, 0.1) is 0 Å². The van der Waals surface area contributed by atoms with Crippen LogP contribution in [0.2, 0.25) is 0 Å². The van der Waals surface area contributed by atoms with Gasteiger partial charge in [-0.2, -0.15) is 0 Å². The minimum atomic E-state index is 0.741. The molecule has 0 aliphatic carbocycles. The maximum Gasteiger partial charge on any atom is 0.0229 e. The van der Waals surface area contributed by atoms with E-state index in [1.54, 1.807) is 0 Å². The molecule has 0 aromatic carbocycles. The summed E-state index contributed by atoms with van der Waals surface area (Å²) in [4.78, 5) is 5.02. The van der Waals surface area contributed by atoms with E-state index in [2.05, 4.69) is 43.2 Å². The third-order valence-electron chi connectivity index (χ3n) is 3.50. The van der Waals surface area contributed by atoms with E-state index >= 15 is 0 Å². The molecule has 0 amide bonds. The van der Waals surface area contributed by atoms with Crippen LogP contribution in [-0.2, 0) is 0 Å². The van der Waals surface area contributed by atoms with Crippen LogP contribution in [0.1, 0.15) is 26.2 Å². The van der Waals surface area contributed by atoms with Crippen molar-refractivity contribution >= 4 is 0 Å². The van der Waals surface area contributed by atoms with Crippen LogP contribution in [0.25, 0.3) is 0 Å². The molecule has 1 aliphatic rings. The van der Waals surface area contributed by atoms with Gasteiger partial charge in [0.2, 0.25) is 0 Å². The molecule has 3 heteroatoms. The SMILES string of the molecule is CCCC(CNC)N1CCC(N(C)C)C1. The largest absolute Gasteiger partial charge is 0.318 e. The van der Waals surface area contributed by atoms with E-state index in [0.717, 1.165) is 18.6 Å². The molecule has 0 radical (unpaired) electrons. The molecule has 0 spiro atoms. The van der Waals surface area contributed by atoms with Crippen LogP contribution >= 0.6 is 0 Å². The fraction of sp³-hybridized carbons (Fsp3) is 1.00. The zero-order valence-electron chi connectivity index (χ0n) is 10.8. The lowest BCUT2D eigenvalue weighted by atomic mass is 10.1. The lowest BCUT2D eigenvalue weighted by molar-refractivity contribution is 0.203. The van der Waals surface area contributed by atoms with Gasteiger partial charge in [0, 0.05) is 31.7 Å². The Morgan fingerprint density at radius 2 is 2.20 bits per heavy atom. The minimum Gasteiger partial charge on any atom is -0.318 e. The smallest absolute Gasteiger partial charge is 0.0229 e. The lowest BCUT2D eigenvalue weighted by Crippen LogP contribution is -2.42. The Labute approximate surface area is 94.8 Å². The zero-order valence-corrected chi connectivity index (χ0v) is 10.8. The van der Waals surface area contributed by atoms with E-state index in [1.807, 2.05) is 0 Å². The first kappa shape index (κ1) is 12.9. The minimum absolute atomic E-state index is 0.741. The molecular weight excluding hydrogens is 186 g/mol. The summed E-state index contributed by atoms with van der Waals surface area (Å²) in [6.07, 6.45) is 3.94. The molecular formula is C12H27N3. The monoisotopic (exact) mass is 213 g/mol. The fourth-order valence-corrected chi connectivity index (χ4v) is 2.50. The van der Waals surface area contributed by atoms with Crippen LogP contribution < -0.4 is 5.32 Å². The van der Waals surface area contributed by atoms with Crippen molar-refractivity contribution in [3.05, 3.63) is 0 Å². The van der Waals surface area contributed by atoms with Crippen molar-refractivity contribution in [2.45, 2.75) is 38.3 Å². The van der Waals surface area contributed by atoms with E-state index in [9.17, 15) is 0 Å². The lowest BCUT2D eigenvalue weighted by Gasteiger charge is -2.28. The standard InChI is InChI=1S/C12H27N3/c1-5-6-11(9-13-2)15-8-7-12(10-15)14(3)4/h11-13H,5-10H2,1-4H3. The first-order valence-corrected chi connectivity index (χ1v) is 6.24. The average molecular weight is 213 g/mol. The second-order valence-corrected chi connectivity index (χ2v) is 4.90. The number of likely N-dealkylation sites (tertiary alicyclic amines) is 1. The predicted octanol–water partition coefficient (Wildman–Crippen LogP) is 1.01. The molecule has 0 bridgehead atoms. The zero-order chi connectivity index (χ0) is 11.3. The van der Waals surface area contributed by atoms with Crippen molar-refractivity contribution in [2.75, 3.05) is 40.8 Å². The molecule has 15 heavy (non-hydrogen) atoms. The molecule has 0 aromatic rings. The molecule has 90 valence electrons. The average Bonchev–Trinajstić information content (AvgIpc) is 2.66. The van der Waals surface area contributed by atoms with E-state index in [1.165, 1.54) is 32.4 Å². The van der Waals surface area contributed by atoms with Gasteiger partial charge in [-0.15, -0.1) is 0 Å². The molecule has 1 aliphatic heterocycles. The highest BCUT2D eigenvalue weighted by Crippen LogP contribution is 2.18. The topological polar surface area (TPSA) is 18.5 Å². The van der Waals surface area contributed by atoms with Crippen molar-refractivity contribution in [2.24, 2.45) is 0 Å². The van der Waals surface area contributed by atoms with Crippen molar-refractivity contribution < 1.29 is 0 Å². The van der Waals surface area contributed by atoms with E-state index in [0.29, 0.717) is 0 Å². The van der Waals surface area contributed by atoms with Gasteiger partial charge in [0.05, 0.1) is 0 Å². The van der Waals surface area contributed by atoms with Gasteiger partial charge in [0.1, 0.15) is 0 Å². The summed E-state index contributed by atoms with van der Waals surface area (Å²) in [6, 6.07) is 1.51. The fourth-order valence-electron chi connectivity index (χ4n) is 2.50. The van der Waals surface area contributed by atoms with Gasteiger partial charge in [-0.1, -0.05) is 13.3 Å². The molecule has 1 rings (SSSR count). The van der Waals surface area contributed by atoms with Gasteiger partial charge >= 0.3 is 0 Å². The first-order valence-electron chi connectivity index (χ1n) is 6.24. The summed E-state index contributed by atoms with van der Waals surface area (Å²) in [7, 11) is 6.45. The quantitative estimate of drug-likeness (QED) is 0.710. The van der Waals surface area contributed by atoms with Crippen LogP contribution in [-0.4, -0.2) is 62.7 Å². The Morgan fingerprint density at radius 3 is 2.67 bits per heavy atom. The van der Waals surface area contributed by atoms with Gasteiger partial charge < -0.3 is 10.2 Å². The van der Waals surface area contributed by atoms with E-state index in [4.69, 9.17) is 0 Å². The molecule has 1 saturated heterocycles. The number of nitrogens with one attached hydrogen (secondary N) is 1. The molecule has 1 heterocycles. The third-order valence-corrected chi connectivity index (χ3v) is 3.50. The summed E-state index contributed by atoms with van der Waals surface area (Å²) < 4.78 is 0. The van der Waals surface area contributed by atoms with Gasteiger partial charge in [-0.25, -0.2) is 0 Å². The Balaban J connectivity index is 2.41. The number of hydrogen-bond acceptors (Lipinski definition) is 3. The highest BCUT2D eigenvalue weighted by Gasteiger charge is 2.28. The normalized spacial score (nSPS) is 25.0. The maximum absolute atomic E-state index is 3.32. The second-order valence-electron chi connectivity index (χ2n) is 4.90. The molecule has 0 saturated carbocycles. The van der Waals surface area contributed by atoms with E-state index < -0.39 is 0 Å². The van der Waals surface area contributed by atoms with E-state index in [-0.39, 0.29) is 0 Å². The molecule has 1 N–H and O–H groups in total.